The number of fused-ring (bicyclic) bond motifs is 2. The lowest BCUT2D eigenvalue weighted by Crippen LogP contribution is -2.32. The summed E-state index contributed by atoms with van der Waals surface area (Å²) in [6.07, 6.45) is 4.01. The minimum atomic E-state index is -0.790. The van der Waals surface area contributed by atoms with Crippen LogP contribution in [-0.4, -0.2) is 11.8 Å². The van der Waals surface area contributed by atoms with Crippen LogP contribution >= 0.6 is 0 Å². The SMILES string of the molecule is O=C1CC2(C=Cc3cc(-c4ccccc4)ccc32)C(=O)N1. The van der Waals surface area contributed by atoms with E-state index < -0.39 is 5.41 Å². The normalized spacial score (nSPS) is 22.7. The van der Waals surface area contributed by atoms with E-state index in [1.54, 1.807) is 0 Å². The van der Waals surface area contributed by atoms with Crippen LogP contribution < -0.4 is 5.32 Å². The van der Waals surface area contributed by atoms with E-state index in [4.69, 9.17) is 0 Å². The summed E-state index contributed by atoms with van der Waals surface area (Å²) >= 11 is 0. The number of benzene rings is 2. The molecule has 1 aliphatic carbocycles. The van der Waals surface area contributed by atoms with Crippen LogP contribution in [-0.2, 0) is 15.0 Å². The Hall–Kier alpha value is -2.68. The van der Waals surface area contributed by atoms with Gasteiger partial charge in [-0.3, -0.25) is 14.9 Å². The van der Waals surface area contributed by atoms with E-state index in [1.807, 2.05) is 42.5 Å². The Kier molecular flexibility index (Phi) is 2.39. The van der Waals surface area contributed by atoms with Crippen molar-refractivity contribution in [2.75, 3.05) is 0 Å². The van der Waals surface area contributed by atoms with Gasteiger partial charge in [-0.05, 0) is 28.3 Å². The van der Waals surface area contributed by atoms with Gasteiger partial charge in [-0.25, -0.2) is 0 Å². The average molecular weight is 275 g/mol. The molecule has 1 saturated heterocycles. The van der Waals surface area contributed by atoms with Crippen molar-refractivity contribution in [3.05, 3.63) is 65.7 Å². The highest BCUT2D eigenvalue weighted by Crippen LogP contribution is 2.42. The summed E-state index contributed by atoms with van der Waals surface area (Å²) in [4.78, 5) is 23.7. The van der Waals surface area contributed by atoms with E-state index in [0.717, 1.165) is 22.3 Å². The fraction of sp³-hybridized carbons (Fsp3) is 0.111. The Balaban J connectivity index is 1.82. The minimum Gasteiger partial charge on any atom is -0.295 e. The molecule has 3 nitrogen and oxygen atoms in total. The van der Waals surface area contributed by atoms with E-state index >= 15 is 0 Å². The van der Waals surface area contributed by atoms with Crippen LogP contribution in [0, 0.1) is 0 Å². The summed E-state index contributed by atoms with van der Waals surface area (Å²) in [7, 11) is 0. The van der Waals surface area contributed by atoms with E-state index in [0.29, 0.717) is 0 Å². The first-order valence-corrected chi connectivity index (χ1v) is 6.92. The molecule has 2 amide bonds. The van der Waals surface area contributed by atoms with Crippen LogP contribution in [0.3, 0.4) is 0 Å². The molecule has 0 bridgehead atoms. The van der Waals surface area contributed by atoms with Crippen LogP contribution in [0.2, 0.25) is 0 Å². The van der Waals surface area contributed by atoms with Crippen molar-refractivity contribution in [1.29, 1.82) is 0 Å². The summed E-state index contributed by atoms with van der Waals surface area (Å²) in [5, 5.41) is 2.41. The Morgan fingerprint density at radius 2 is 1.76 bits per heavy atom. The first-order valence-electron chi connectivity index (χ1n) is 6.92. The van der Waals surface area contributed by atoms with Crippen molar-refractivity contribution < 1.29 is 9.59 Å². The fourth-order valence-corrected chi connectivity index (χ4v) is 3.21. The zero-order valence-corrected chi connectivity index (χ0v) is 11.3. The lowest BCUT2D eigenvalue weighted by atomic mass is 9.80. The summed E-state index contributed by atoms with van der Waals surface area (Å²) in [5.41, 5.74) is 3.40. The van der Waals surface area contributed by atoms with E-state index in [2.05, 4.69) is 23.5 Å². The van der Waals surface area contributed by atoms with Gasteiger partial charge in [0.15, 0.2) is 0 Å². The van der Waals surface area contributed by atoms with Crippen LogP contribution in [0.4, 0.5) is 0 Å². The van der Waals surface area contributed by atoms with Gasteiger partial charge in [0, 0.05) is 6.42 Å². The Labute approximate surface area is 122 Å². The van der Waals surface area contributed by atoms with Crippen LogP contribution in [0.25, 0.3) is 17.2 Å². The Bertz CT molecular complexity index is 792. The van der Waals surface area contributed by atoms with E-state index in [1.165, 1.54) is 0 Å². The van der Waals surface area contributed by atoms with Crippen LogP contribution in [0.1, 0.15) is 17.5 Å². The van der Waals surface area contributed by atoms with Gasteiger partial charge in [-0.2, -0.15) is 0 Å². The van der Waals surface area contributed by atoms with E-state index in [-0.39, 0.29) is 18.2 Å². The molecule has 1 unspecified atom stereocenters. The summed E-state index contributed by atoms with van der Waals surface area (Å²) in [6, 6.07) is 16.2. The molecule has 102 valence electrons. The average Bonchev–Trinajstić information content (AvgIpc) is 3.01. The molecule has 2 aliphatic rings. The van der Waals surface area contributed by atoms with Crippen LogP contribution in [0.5, 0.6) is 0 Å². The molecule has 2 aromatic carbocycles. The molecule has 0 aromatic heterocycles. The van der Waals surface area contributed by atoms with Crippen molar-refractivity contribution in [3.63, 3.8) is 0 Å². The van der Waals surface area contributed by atoms with Gasteiger partial charge >= 0.3 is 0 Å². The quantitative estimate of drug-likeness (QED) is 0.813. The number of amides is 2. The topological polar surface area (TPSA) is 46.2 Å². The molecule has 21 heavy (non-hydrogen) atoms. The predicted octanol–water partition coefficient (Wildman–Crippen LogP) is 2.66. The second-order valence-corrected chi connectivity index (χ2v) is 5.53. The Morgan fingerprint density at radius 1 is 0.952 bits per heavy atom. The van der Waals surface area contributed by atoms with Crippen molar-refractivity contribution >= 4 is 17.9 Å². The molecular weight excluding hydrogens is 262 g/mol. The lowest BCUT2D eigenvalue weighted by Gasteiger charge is -2.19. The maximum Gasteiger partial charge on any atom is 0.241 e. The third-order valence-corrected chi connectivity index (χ3v) is 4.28. The molecule has 1 heterocycles. The van der Waals surface area contributed by atoms with Crippen molar-refractivity contribution in [1.82, 2.24) is 5.32 Å². The summed E-state index contributed by atoms with van der Waals surface area (Å²) < 4.78 is 0. The fourth-order valence-electron chi connectivity index (χ4n) is 3.21. The van der Waals surface area contributed by atoms with Gasteiger partial charge in [0.05, 0.1) is 0 Å². The lowest BCUT2D eigenvalue weighted by molar-refractivity contribution is -0.125. The second kappa shape index (κ2) is 4.16. The number of carbonyl (C=O) groups is 2. The first-order chi connectivity index (χ1) is 10.2. The van der Waals surface area contributed by atoms with Gasteiger partial charge in [0.1, 0.15) is 5.41 Å². The molecule has 1 spiro atoms. The first kappa shape index (κ1) is 12.1. The molecule has 0 saturated carbocycles. The highest BCUT2D eigenvalue weighted by Gasteiger charge is 2.49. The zero-order chi connectivity index (χ0) is 14.4. The van der Waals surface area contributed by atoms with Gasteiger partial charge in [0.2, 0.25) is 11.8 Å². The minimum absolute atomic E-state index is 0.204. The monoisotopic (exact) mass is 275 g/mol. The van der Waals surface area contributed by atoms with Gasteiger partial charge < -0.3 is 0 Å². The standard InChI is InChI=1S/C18H13NO2/c20-16-11-18(17(21)19-16)9-8-14-10-13(6-7-15(14)18)12-4-2-1-3-5-12/h1-10H,11H2,(H,19,20,21). The number of rotatable bonds is 1. The highest BCUT2D eigenvalue weighted by atomic mass is 16.2. The van der Waals surface area contributed by atoms with Crippen molar-refractivity contribution in [2.24, 2.45) is 0 Å². The highest BCUT2D eigenvalue weighted by molar-refractivity contribution is 6.12. The van der Waals surface area contributed by atoms with Crippen molar-refractivity contribution in [2.45, 2.75) is 11.8 Å². The van der Waals surface area contributed by atoms with Crippen LogP contribution in [0.15, 0.2) is 54.6 Å². The number of carbonyl (C=O) groups excluding carboxylic acids is 2. The second-order valence-electron chi connectivity index (χ2n) is 5.53. The predicted molar refractivity (Wildman–Crippen MR) is 80.4 cm³/mol. The maximum atomic E-state index is 12.1. The molecule has 0 radical (unpaired) electrons. The molecule has 1 aliphatic heterocycles. The molecule has 1 fully saturated rings. The smallest absolute Gasteiger partial charge is 0.241 e. The molecular formula is C18H13NO2. The van der Waals surface area contributed by atoms with Crippen molar-refractivity contribution in [3.8, 4) is 11.1 Å². The molecule has 1 atom stereocenters. The summed E-state index contributed by atoms with van der Waals surface area (Å²) in [5.74, 6) is -0.417. The maximum absolute atomic E-state index is 12.1. The third-order valence-electron chi connectivity index (χ3n) is 4.28. The molecule has 3 heteroatoms. The largest absolute Gasteiger partial charge is 0.295 e. The molecule has 2 aromatic rings. The summed E-state index contributed by atoms with van der Waals surface area (Å²) in [6.45, 7) is 0. The van der Waals surface area contributed by atoms with Gasteiger partial charge in [-0.1, -0.05) is 54.6 Å². The van der Waals surface area contributed by atoms with Gasteiger partial charge in [-0.15, -0.1) is 0 Å². The molecule has 1 N–H and O–H groups in total. The van der Waals surface area contributed by atoms with E-state index in [9.17, 15) is 9.59 Å². The number of hydrogen-bond acceptors (Lipinski definition) is 2. The molecule has 4 rings (SSSR count). The number of nitrogens with one attached hydrogen (secondary N) is 1. The van der Waals surface area contributed by atoms with Gasteiger partial charge in [0.25, 0.3) is 0 Å². The third kappa shape index (κ3) is 1.67. The zero-order valence-electron chi connectivity index (χ0n) is 11.3. The number of imide groups is 1. The number of hydrogen-bond donors (Lipinski definition) is 1. The Morgan fingerprint density at radius 3 is 2.48 bits per heavy atom.